The van der Waals surface area contributed by atoms with Crippen LogP contribution in [-0.2, 0) is 0 Å². The van der Waals surface area contributed by atoms with E-state index in [0.29, 0.717) is 8.58 Å². The van der Waals surface area contributed by atoms with E-state index in [1.165, 1.54) is 5.30 Å². The van der Waals surface area contributed by atoms with Gasteiger partial charge in [0, 0.05) is 12.1 Å². The van der Waals surface area contributed by atoms with E-state index in [1.807, 2.05) is 30.3 Å². The third kappa shape index (κ3) is 2.65. The van der Waals surface area contributed by atoms with E-state index in [9.17, 15) is 10.1 Å². The number of benzene rings is 2. The van der Waals surface area contributed by atoms with Gasteiger partial charge in [0.05, 0.1) is 4.92 Å². The average Bonchev–Trinajstić information content (AvgIpc) is 2.31. The number of nitrogens with zero attached hydrogens (tertiary/aromatic N) is 1. The maximum atomic E-state index is 10.5. The predicted octanol–water partition coefficient (Wildman–Crippen LogP) is 2.22. The van der Waals surface area contributed by atoms with Crippen molar-refractivity contribution in [2.75, 3.05) is 0 Å². The van der Waals surface area contributed by atoms with Crippen molar-refractivity contribution in [2.24, 2.45) is 0 Å². The maximum Gasteiger partial charge on any atom is 0.269 e. The van der Waals surface area contributed by atoms with E-state index < -0.39 is 0 Å². The van der Waals surface area contributed by atoms with Gasteiger partial charge >= 0.3 is 0 Å². The molecule has 0 saturated carbocycles. The summed E-state index contributed by atoms with van der Waals surface area (Å²) in [6, 6.07) is 16.8. The minimum absolute atomic E-state index is 0.140. The van der Waals surface area contributed by atoms with Gasteiger partial charge in [-0.3, -0.25) is 10.1 Å². The molecule has 0 bridgehead atoms. The number of nitro benzene ring substituents is 1. The summed E-state index contributed by atoms with van der Waals surface area (Å²) in [5, 5.41) is 12.8. The lowest BCUT2D eigenvalue weighted by Gasteiger charge is -2.01. The number of nitro groups is 1. The molecule has 2 rings (SSSR count). The normalized spacial score (nSPS) is 10.8. The SMILES string of the molecule is O=[N+]([O-])c1ccc(Pc2ccccc2)cc1. The first kappa shape index (κ1) is 10.8. The van der Waals surface area contributed by atoms with E-state index in [-0.39, 0.29) is 10.6 Å². The van der Waals surface area contributed by atoms with Gasteiger partial charge in [-0.1, -0.05) is 38.9 Å². The molecule has 2 aromatic rings. The zero-order chi connectivity index (χ0) is 11.4. The summed E-state index contributed by atoms with van der Waals surface area (Å²) in [7, 11) is 0.544. The Hall–Kier alpha value is -1.73. The molecule has 0 fully saturated rings. The first-order valence-corrected chi connectivity index (χ1v) is 5.82. The first-order valence-electron chi connectivity index (χ1n) is 4.82. The molecule has 1 atom stereocenters. The van der Waals surface area contributed by atoms with Crippen molar-refractivity contribution in [2.45, 2.75) is 0 Å². The second kappa shape index (κ2) is 4.86. The molecule has 0 amide bonds. The number of non-ortho nitro benzene ring substituents is 1. The second-order valence-electron chi connectivity index (χ2n) is 3.30. The Bertz CT molecular complexity index is 482. The maximum absolute atomic E-state index is 10.5. The van der Waals surface area contributed by atoms with Crippen LogP contribution in [0.2, 0.25) is 0 Å². The minimum atomic E-state index is -0.380. The second-order valence-corrected chi connectivity index (χ2v) is 4.70. The lowest BCUT2D eigenvalue weighted by Crippen LogP contribution is -2.02. The molecule has 0 aliphatic heterocycles. The Morgan fingerprint density at radius 1 is 0.875 bits per heavy atom. The fourth-order valence-electron chi connectivity index (χ4n) is 1.35. The van der Waals surface area contributed by atoms with E-state index in [1.54, 1.807) is 12.1 Å². The fourth-order valence-corrected chi connectivity index (χ4v) is 2.38. The van der Waals surface area contributed by atoms with Gasteiger partial charge in [-0.15, -0.1) is 0 Å². The van der Waals surface area contributed by atoms with E-state index in [0.717, 1.165) is 5.30 Å². The summed E-state index contributed by atoms with van der Waals surface area (Å²) in [6.07, 6.45) is 0. The van der Waals surface area contributed by atoms with Gasteiger partial charge in [-0.25, -0.2) is 0 Å². The number of hydrogen-bond donors (Lipinski definition) is 0. The van der Waals surface area contributed by atoms with Crippen LogP contribution in [0.3, 0.4) is 0 Å². The summed E-state index contributed by atoms with van der Waals surface area (Å²) in [6.45, 7) is 0. The molecule has 4 heteroatoms. The van der Waals surface area contributed by atoms with Crippen LogP contribution in [0.4, 0.5) is 5.69 Å². The van der Waals surface area contributed by atoms with E-state index in [4.69, 9.17) is 0 Å². The number of hydrogen-bond acceptors (Lipinski definition) is 2. The largest absolute Gasteiger partial charge is 0.269 e. The summed E-state index contributed by atoms with van der Waals surface area (Å²) < 4.78 is 0. The van der Waals surface area contributed by atoms with Crippen LogP contribution in [0.5, 0.6) is 0 Å². The lowest BCUT2D eigenvalue weighted by molar-refractivity contribution is -0.384. The molecule has 0 aliphatic rings. The minimum Gasteiger partial charge on any atom is -0.258 e. The lowest BCUT2D eigenvalue weighted by atomic mass is 10.3. The topological polar surface area (TPSA) is 43.1 Å². The monoisotopic (exact) mass is 231 g/mol. The predicted molar refractivity (Wildman–Crippen MR) is 67.1 cm³/mol. The van der Waals surface area contributed by atoms with E-state index >= 15 is 0 Å². The molecule has 16 heavy (non-hydrogen) atoms. The average molecular weight is 231 g/mol. The molecule has 1 unspecified atom stereocenters. The van der Waals surface area contributed by atoms with Crippen molar-refractivity contribution in [3.8, 4) is 0 Å². The van der Waals surface area contributed by atoms with Crippen LogP contribution in [0, 0.1) is 10.1 Å². The molecule has 0 aliphatic carbocycles. The Balaban J connectivity index is 2.14. The Morgan fingerprint density at radius 3 is 2.00 bits per heavy atom. The highest BCUT2D eigenvalue weighted by molar-refractivity contribution is 7.55. The summed E-state index contributed by atoms with van der Waals surface area (Å²) in [5.74, 6) is 0. The molecule has 80 valence electrons. The smallest absolute Gasteiger partial charge is 0.258 e. The molecule has 2 aromatic carbocycles. The Kier molecular flexibility index (Phi) is 3.28. The van der Waals surface area contributed by atoms with Gasteiger partial charge < -0.3 is 0 Å². The Morgan fingerprint density at radius 2 is 1.44 bits per heavy atom. The van der Waals surface area contributed by atoms with Gasteiger partial charge in [0.15, 0.2) is 0 Å². The third-order valence-corrected chi connectivity index (χ3v) is 3.38. The van der Waals surface area contributed by atoms with Crippen LogP contribution >= 0.6 is 8.58 Å². The summed E-state index contributed by atoms with van der Waals surface area (Å²) in [5.41, 5.74) is 0.140. The number of rotatable bonds is 3. The molecule has 0 spiro atoms. The quantitative estimate of drug-likeness (QED) is 0.462. The van der Waals surface area contributed by atoms with Gasteiger partial charge in [-0.05, 0) is 22.7 Å². The fraction of sp³-hybridized carbons (Fsp3) is 0. The molecule has 3 nitrogen and oxygen atoms in total. The third-order valence-electron chi connectivity index (χ3n) is 2.14. The van der Waals surface area contributed by atoms with Crippen LogP contribution < -0.4 is 10.6 Å². The first-order chi connectivity index (χ1) is 7.75. The van der Waals surface area contributed by atoms with Crippen molar-refractivity contribution in [3.63, 3.8) is 0 Å². The zero-order valence-corrected chi connectivity index (χ0v) is 9.46. The highest BCUT2D eigenvalue weighted by Gasteiger charge is 2.03. The molecular weight excluding hydrogens is 221 g/mol. The van der Waals surface area contributed by atoms with Gasteiger partial charge in [0.1, 0.15) is 0 Å². The van der Waals surface area contributed by atoms with Crippen LogP contribution in [-0.4, -0.2) is 4.92 Å². The van der Waals surface area contributed by atoms with E-state index in [2.05, 4.69) is 12.1 Å². The molecule has 0 N–H and O–H groups in total. The highest BCUT2D eigenvalue weighted by atomic mass is 31.1. The summed E-state index contributed by atoms with van der Waals surface area (Å²) in [4.78, 5) is 10.1. The van der Waals surface area contributed by atoms with Crippen molar-refractivity contribution < 1.29 is 4.92 Å². The zero-order valence-electron chi connectivity index (χ0n) is 8.46. The standard InChI is InChI=1S/C12H10NO2P/c14-13(15)10-6-8-12(9-7-10)16-11-4-2-1-3-5-11/h1-9,16H. The molecule has 0 radical (unpaired) electrons. The summed E-state index contributed by atoms with van der Waals surface area (Å²) >= 11 is 0. The molecule has 0 saturated heterocycles. The van der Waals surface area contributed by atoms with Crippen molar-refractivity contribution in [1.29, 1.82) is 0 Å². The highest BCUT2D eigenvalue weighted by Crippen LogP contribution is 2.14. The Labute approximate surface area is 95.1 Å². The van der Waals surface area contributed by atoms with Crippen LogP contribution in [0.15, 0.2) is 54.6 Å². The van der Waals surface area contributed by atoms with Crippen LogP contribution in [0.25, 0.3) is 0 Å². The molecular formula is C12H10NO2P. The van der Waals surface area contributed by atoms with Gasteiger partial charge in [0.2, 0.25) is 0 Å². The molecule has 0 aromatic heterocycles. The van der Waals surface area contributed by atoms with Gasteiger partial charge in [-0.2, -0.15) is 0 Å². The van der Waals surface area contributed by atoms with Crippen molar-refractivity contribution in [1.82, 2.24) is 0 Å². The van der Waals surface area contributed by atoms with Crippen LogP contribution in [0.1, 0.15) is 0 Å². The van der Waals surface area contributed by atoms with Crippen molar-refractivity contribution in [3.05, 3.63) is 64.7 Å². The molecule has 0 heterocycles. The van der Waals surface area contributed by atoms with Gasteiger partial charge in [0.25, 0.3) is 5.69 Å². The van der Waals surface area contributed by atoms with Crippen molar-refractivity contribution >= 4 is 24.9 Å².